The molecule has 0 spiro atoms. The van der Waals surface area contributed by atoms with Crippen molar-refractivity contribution in [1.29, 1.82) is 0 Å². The first-order valence-electron chi connectivity index (χ1n) is 15.1. The van der Waals surface area contributed by atoms with Crippen LogP contribution in [0.15, 0.2) is 48.7 Å². The number of rotatable bonds is 8. The first-order chi connectivity index (χ1) is 22.3. The molecule has 3 N–H and O–H groups in total. The molecule has 3 aromatic heterocycles. The van der Waals surface area contributed by atoms with Crippen molar-refractivity contribution < 1.29 is 18.3 Å². The van der Waals surface area contributed by atoms with E-state index in [4.69, 9.17) is 36.8 Å². The number of nitrogens with two attached hydrogens (primary N) is 1. The fourth-order valence-corrected chi connectivity index (χ4v) is 7.16. The Balaban J connectivity index is 1.44. The van der Waals surface area contributed by atoms with Crippen molar-refractivity contribution in [3.63, 3.8) is 0 Å². The Labute approximate surface area is 273 Å². The number of alkyl halides is 2. The molecule has 0 aliphatic carbocycles. The van der Waals surface area contributed by atoms with Crippen molar-refractivity contribution in [2.75, 3.05) is 57.0 Å². The van der Waals surface area contributed by atoms with Gasteiger partial charge in [0.15, 0.2) is 10.9 Å². The maximum atomic E-state index is 14.9. The van der Waals surface area contributed by atoms with Crippen LogP contribution in [0.4, 0.5) is 19.7 Å². The Bertz CT molecular complexity index is 1880. The van der Waals surface area contributed by atoms with E-state index in [-0.39, 0.29) is 18.7 Å². The quantitative estimate of drug-likeness (QED) is 0.216. The largest absolute Gasteiger partial charge is 0.484 e. The van der Waals surface area contributed by atoms with Gasteiger partial charge in [-0.15, -0.1) is 0 Å². The van der Waals surface area contributed by atoms with Crippen molar-refractivity contribution in [2.24, 2.45) is 0 Å². The van der Waals surface area contributed by atoms with Gasteiger partial charge in [-0.2, -0.15) is 9.97 Å². The Kier molecular flexibility index (Phi) is 8.49. The number of halogens is 3. The third-order valence-corrected chi connectivity index (χ3v) is 9.54. The molecular formula is C32H33ClF2N8O2S. The molecule has 10 nitrogen and oxygen atoms in total. The Hall–Kier alpha value is -3.91. The molecule has 0 unspecified atom stereocenters. The monoisotopic (exact) mass is 666 g/mol. The Morgan fingerprint density at radius 2 is 2.00 bits per heavy atom. The van der Waals surface area contributed by atoms with Gasteiger partial charge in [0.25, 0.3) is 5.92 Å². The number of para-hydroxylation sites is 1. The maximum absolute atomic E-state index is 14.9. The summed E-state index contributed by atoms with van der Waals surface area (Å²) in [5, 5.41) is 4.05. The number of likely N-dealkylation sites (N-methyl/N-ethyl adjacent to an activating group) is 1. The molecule has 46 heavy (non-hydrogen) atoms. The number of anilines is 2. The molecule has 2 aliphatic heterocycles. The van der Waals surface area contributed by atoms with Gasteiger partial charge in [0.05, 0.1) is 34.0 Å². The lowest BCUT2D eigenvalue weighted by molar-refractivity contribution is 0.0156. The lowest BCUT2D eigenvalue weighted by Gasteiger charge is -2.27. The van der Waals surface area contributed by atoms with Crippen LogP contribution in [0.1, 0.15) is 18.5 Å². The molecule has 1 atom stereocenters. The molecule has 0 amide bonds. The maximum Gasteiger partial charge on any atom is 0.319 e. The summed E-state index contributed by atoms with van der Waals surface area (Å²) in [6.45, 7) is 1.15. The molecule has 2 fully saturated rings. The van der Waals surface area contributed by atoms with E-state index in [1.807, 2.05) is 36.4 Å². The summed E-state index contributed by atoms with van der Waals surface area (Å²) in [6, 6.07) is 13.3. The number of pyridine rings is 1. The van der Waals surface area contributed by atoms with Crippen LogP contribution in [0.3, 0.4) is 0 Å². The predicted octanol–water partition coefficient (Wildman–Crippen LogP) is 5.63. The number of nitrogens with zero attached hydrogens (tertiary/aromatic N) is 6. The Morgan fingerprint density at radius 3 is 2.80 bits per heavy atom. The van der Waals surface area contributed by atoms with E-state index in [1.165, 1.54) is 11.3 Å². The summed E-state index contributed by atoms with van der Waals surface area (Å²) in [4.78, 5) is 22.4. The first kappa shape index (κ1) is 30.7. The van der Waals surface area contributed by atoms with E-state index in [0.717, 1.165) is 24.1 Å². The van der Waals surface area contributed by atoms with Crippen LogP contribution in [0.5, 0.6) is 11.8 Å². The minimum absolute atomic E-state index is 0.0791. The van der Waals surface area contributed by atoms with Crippen molar-refractivity contribution in [3.8, 4) is 22.9 Å². The summed E-state index contributed by atoms with van der Waals surface area (Å²) in [6.07, 6.45) is 3.75. The van der Waals surface area contributed by atoms with Gasteiger partial charge in [0, 0.05) is 41.8 Å². The number of likely N-dealkylation sites (tertiary alicyclic amines) is 1. The number of ether oxygens (including phenoxy) is 2. The SMILES string of the molecule is CN1CCC[C@H]1COc1nc(N2CCNCC(F)(F)C2)c2cc(Cl)c(-c3cccc4sc(N)nc34)c(OCc3ccccn3)c2n1. The standard InChI is InChI=1S/C32H33ClF2N8O2S/c1-42-12-5-7-20(42)16-45-31-40-27-22(29(41-31)43-13-11-37-17-32(34,35)18-43)14-23(33)25(28(27)44-15-19-6-2-3-10-38-19)21-8-4-9-24-26(21)39-30(36)46-24/h2-4,6,8-10,14,20,37H,5,7,11-13,15-18H2,1H3,(H2,36,39)/t20-/m0/s1. The summed E-state index contributed by atoms with van der Waals surface area (Å²) in [7, 11) is 2.06. The second kappa shape index (κ2) is 12.7. The fraction of sp³-hybridized carbons (Fsp3) is 0.375. The highest BCUT2D eigenvalue weighted by atomic mass is 35.5. The molecule has 14 heteroatoms. The zero-order valence-electron chi connectivity index (χ0n) is 25.2. The molecule has 2 saturated heterocycles. The number of thiazole rings is 1. The third-order valence-electron chi connectivity index (χ3n) is 8.39. The zero-order chi connectivity index (χ0) is 31.8. The number of aromatic nitrogens is 4. The van der Waals surface area contributed by atoms with Gasteiger partial charge in [-0.3, -0.25) is 4.98 Å². The smallest absolute Gasteiger partial charge is 0.319 e. The van der Waals surface area contributed by atoms with E-state index < -0.39 is 19.0 Å². The van der Waals surface area contributed by atoms with Gasteiger partial charge in [-0.05, 0) is 50.7 Å². The van der Waals surface area contributed by atoms with Gasteiger partial charge in [-0.1, -0.05) is 41.1 Å². The van der Waals surface area contributed by atoms with Crippen LogP contribution in [-0.2, 0) is 6.61 Å². The minimum Gasteiger partial charge on any atom is -0.484 e. The van der Waals surface area contributed by atoms with Gasteiger partial charge < -0.3 is 30.3 Å². The van der Waals surface area contributed by atoms with E-state index in [2.05, 4.69) is 27.2 Å². The molecule has 2 aliphatic rings. The molecule has 0 saturated carbocycles. The van der Waals surface area contributed by atoms with Crippen molar-refractivity contribution >= 4 is 55.0 Å². The van der Waals surface area contributed by atoms with Crippen LogP contribution in [0.2, 0.25) is 5.02 Å². The normalized spacial score (nSPS) is 18.7. The zero-order valence-corrected chi connectivity index (χ0v) is 26.8. The summed E-state index contributed by atoms with van der Waals surface area (Å²) >= 11 is 8.48. The van der Waals surface area contributed by atoms with Crippen LogP contribution in [-0.4, -0.2) is 83.2 Å². The average molecular weight is 667 g/mol. The molecule has 7 rings (SSSR count). The highest BCUT2D eigenvalue weighted by Gasteiger charge is 2.36. The number of nitrogens with one attached hydrogen (secondary N) is 1. The molecule has 240 valence electrons. The van der Waals surface area contributed by atoms with Crippen LogP contribution in [0, 0.1) is 0 Å². The number of benzene rings is 2. The summed E-state index contributed by atoms with van der Waals surface area (Å²) in [5.41, 5.74) is 9.11. The van der Waals surface area contributed by atoms with E-state index in [9.17, 15) is 8.78 Å². The third kappa shape index (κ3) is 6.24. The van der Waals surface area contributed by atoms with E-state index in [1.54, 1.807) is 17.2 Å². The molecular weight excluding hydrogens is 634 g/mol. The van der Waals surface area contributed by atoms with Gasteiger partial charge in [0.1, 0.15) is 24.5 Å². The molecule has 0 radical (unpaired) electrons. The lowest BCUT2D eigenvalue weighted by Crippen LogP contribution is -2.39. The number of hydrogen-bond acceptors (Lipinski definition) is 11. The molecule has 5 aromatic rings. The van der Waals surface area contributed by atoms with Crippen LogP contribution < -0.4 is 25.4 Å². The number of hydrogen-bond donors (Lipinski definition) is 2. The fourth-order valence-electron chi connectivity index (χ4n) is 6.10. The highest BCUT2D eigenvalue weighted by Crippen LogP contribution is 2.47. The Morgan fingerprint density at radius 1 is 1.11 bits per heavy atom. The summed E-state index contributed by atoms with van der Waals surface area (Å²) in [5.74, 6) is -2.34. The van der Waals surface area contributed by atoms with Crippen molar-refractivity contribution in [3.05, 3.63) is 59.4 Å². The van der Waals surface area contributed by atoms with E-state index in [0.29, 0.717) is 74.7 Å². The minimum atomic E-state index is -2.98. The van der Waals surface area contributed by atoms with Crippen LogP contribution >= 0.6 is 22.9 Å². The topological polar surface area (TPSA) is 115 Å². The van der Waals surface area contributed by atoms with Crippen molar-refractivity contribution in [1.82, 2.24) is 30.2 Å². The lowest BCUT2D eigenvalue weighted by atomic mass is 10.0. The predicted molar refractivity (Wildman–Crippen MR) is 177 cm³/mol. The number of fused-ring (bicyclic) bond motifs is 2. The second-order valence-corrected chi connectivity index (χ2v) is 13.1. The highest BCUT2D eigenvalue weighted by molar-refractivity contribution is 7.22. The average Bonchev–Trinajstić information content (AvgIpc) is 3.58. The molecule has 2 aromatic carbocycles. The van der Waals surface area contributed by atoms with Crippen molar-refractivity contribution in [2.45, 2.75) is 31.4 Å². The molecule has 0 bridgehead atoms. The molecule has 5 heterocycles. The van der Waals surface area contributed by atoms with E-state index >= 15 is 0 Å². The van der Waals surface area contributed by atoms with Gasteiger partial charge in [0.2, 0.25) is 0 Å². The second-order valence-electron chi connectivity index (χ2n) is 11.6. The number of nitrogen functional groups attached to an aromatic ring is 1. The van der Waals surface area contributed by atoms with Crippen LogP contribution in [0.25, 0.3) is 32.2 Å². The van der Waals surface area contributed by atoms with Gasteiger partial charge in [-0.25, -0.2) is 13.8 Å². The first-order valence-corrected chi connectivity index (χ1v) is 16.3. The summed E-state index contributed by atoms with van der Waals surface area (Å²) < 4.78 is 43.5. The van der Waals surface area contributed by atoms with Gasteiger partial charge >= 0.3 is 6.01 Å².